The first kappa shape index (κ1) is 13.4. The average molecular weight is 234 g/mol. The fraction of sp³-hybridized carbons (Fsp3) is 0.462. The van der Waals surface area contributed by atoms with Crippen molar-refractivity contribution in [3.8, 4) is 0 Å². The first-order valence-electron chi connectivity index (χ1n) is 5.79. The summed E-state index contributed by atoms with van der Waals surface area (Å²) in [6.45, 7) is 2.03. The van der Waals surface area contributed by atoms with Gasteiger partial charge in [-0.3, -0.25) is 4.79 Å². The molecule has 92 valence electrons. The summed E-state index contributed by atoms with van der Waals surface area (Å²) in [7, 11) is 1.40. The van der Waals surface area contributed by atoms with Crippen LogP contribution in [0.4, 0.5) is 5.69 Å². The van der Waals surface area contributed by atoms with Crippen molar-refractivity contribution in [2.75, 3.05) is 7.11 Å². The van der Waals surface area contributed by atoms with E-state index in [9.17, 15) is 4.79 Å². The maximum absolute atomic E-state index is 11.0. The van der Waals surface area contributed by atoms with Crippen LogP contribution in [0.25, 0.3) is 0 Å². The third kappa shape index (κ3) is 5.24. The molecule has 0 aromatic heterocycles. The van der Waals surface area contributed by atoms with Gasteiger partial charge in [0.05, 0.1) is 18.8 Å². The van der Waals surface area contributed by atoms with E-state index in [0.29, 0.717) is 12.8 Å². The monoisotopic (exact) mass is 234 g/mol. The Morgan fingerprint density at radius 2 is 2.06 bits per heavy atom. The molecule has 0 heterocycles. The summed E-state index contributed by atoms with van der Waals surface area (Å²) in [5, 5.41) is 8.39. The van der Waals surface area contributed by atoms with Crippen LogP contribution >= 0.6 is 0 Å². The van der Waals surface area contributed by atoms with Gasteiger partial charge in [0.25, 0.3) is 0 Å². The Balaban J connectivity index is 2.46. The van der Waals surface area contributed by atoms with Crippen LogP contribution in [0.2, 0.25) is 0 Å². The van der Waals surface area contributed by atoms with Crippen LogP contribution < -0.4 is 0 Å². The molecule has 0 N–H and O–H groups in total. The Labute approximate surface area is 102 Å². The maximum Gasteiger partial charge on any atom is 0.305 e. The molecule has 0 saturated heterocycles. The number of hydrogen-bond acceptors (Lipinski definition) is 4. The third-order valence-electron chi connectivity index (χ3n) is 2.47. The lowest BCUT2D eigenvalue weighted by Gasteiger charge is -2.06. The van der Waals surface area contributed by atoms with Gasteiger partial charge in [0.15, 0.2) is 0 Å². The molecule has 0 aliphatic rings. The van der Waals surface area contributed by atoms with E-state index >= 15 is 0 Å². The van der Waals surface area contributed by atoms with Crippen LogP contribution in [0.3, 0.4) is 0 Å². The van der Waals surface area contributed by atoms with Gasteiger partial charge >= 0.3 is 5.97 Å². The fourth-order valence-electron chi connectivity index (χ4n) is 1.37. The minimum absolute atomic E-state index is 0.0781. The number of benzene rings is 1. The lowest BCUT2D eigenvalue weighted by Crippen LogP contribution is -2.07. The molecule has 17 heavy (non-hydrogen) atoms. The predicted octanol–water partition coefficient (Wildman–Crippen LogP) is 3.50. The lowest BCUT2D eigenvalue weighted by molar-refractivity contribution is -0.140. The second-order valence-electron chi connectivity index (χ2n) is 3.73. The summed E-state index contributed by atoms with van der Waals surface area (Å²) in [6, 6.07) is 9.66. The van der Waals surface area contributed by atoms with E-state index in [1.54, 1.807) is 0 Å². The number of rotatable bonds is 6. The van der Waals surface area contributed by atoms with Gasteiger partial charge in [0, 0.05) is 6.42 Å². The zero-order valence-corrected chi connectivity index (χ0v) is 10.3. The quantitative estimate of drug-likeness (QED) is 0.558. The number of azo groups is 1. The number of nitrogens with zero attached hydrogens (tertiary/aromatic N) is 2. The van der Waals surface area contributed by atoms with Crippen molar-refractivity contribution in [3.63, 3.8) is 0 Å². The van der Waals surface area contributed by atoms with E-state index in [2.05, 4.69) is 15.0 Å². The molecule has 1 aromatic carbocycles. The molecule has 1 aromatic rings. The molecule has 1 atom stereocenters. The third-order valence-corrected chi connectivity index (χ3v) is 2.47. The molecule has 0 radical (unpaired) electrons. The standard InChI is InChI=1S/C13H18N2O2/c1-3-11(9-10-13(16)17-2)14-15-12-7-5-4-6-8-12/h4-8,11H,3,9-10H2,1-2H3. The topological polar surface area (TPSA) is 51.0 Å². The number of carbonyl (C=O) groups is 1. The van der Waals surface area contributed by atoms with Crippen molar-refractivity contribution >= 4 is 11.7 Å². The van der Waals surface area contributed by atoms with Crippen LogP contribution in [0.15, 0.2) is 40.6 Å². The number of methoxy groups -OCH3 is 1. The normalized spacial score (nSPS) is 12.6. The second kappa shape index (κ2) is 7.54. The van der Waals surface area contributed by atoms with Gasteiger partial charge in [-0.25, -0.2) is 0 Å². The van der Waals surface area contributed by atoms with Gasteiger partial charge < -0.3 is 4.74 Å². The minimum atomic E-state index is -0.196. The van der Waals surface area contributed by atoms with Crippen molar-refractivity contribution in [2.45, 2.75) is 32.2 Å². The average Bonchev–Trinajstić information content (AvgIpc) is 2.39. The lowest BCUT2D eigenvalue weighted by atomic mass is 10.1. The van der Waals surface area contributed by atoms with Crippen LogP contribution in [-0.4, -0.2) is 19.1 Å². The molecule has 4 nitrogen and oxygen atoms in total. The number of ether oxygens (including phenoxy) is 1. The first-order chi connectivity index (χ1) is 8.26. The zero-order chi connectivity index (χ0) is 12.5. The van der Waals surface area contributed by atoms with E-state index in [0.717, 1.165) is 12.1 Å². The SMILES string of the molecule is CCC(CCC(=O)OC)N=Nc1ccccc1. The van der Waals surface area contributed by atoms with Gasteiger partial charge in [0.1, 0.15) is 0 Å². The molecule has 1 rings (SSSR count). The van der Waals surface area contributed by atoms with Crippen LogP contribution in [0, 0.1) is 0 Å². The van der Waals surface area contributed by atoms with E-state index in [1.807, 2.05) is 37.3 Å². The Kier molecular flexibility index (Phi) is 5.93. The first-order valence-corrected chi connectivity index (χ1v) is 5.79. The Bertz CT molecular complexity index is 363. The maximum atomic E-state index is 11.0. The summed E-state index contributed by atoms with van der Waals surface area (Å²) >= 11 is 0. The molecule has 0 fully saturated rings. The van der Waals surface area contributed by atoms with Crippen molar-refractivity contribution in [1.29, 1.82) is 0 Å². The summed E-state index contributed by atoms with van der Waals surface area (Å²) in [5.74, 6) is -0.196. The number of esters is 1. The molecule has 0 bridgehead atoms. The highest BCUT2D eigenvalue weighted by molar-refractivity contribution is 5.69. The Hall–Kier alpha value is -1.71. The van der Waals surface area contributed by atoms with E-state index in [1.165, 1.54) is 7.11 Å². The predicted molar refractivity (Wildman–Crippen MR) is 66.3 cm³/mol. The highest BCUT2D eigenvalue weighted by atomic mass is 16.5. The second-order valence-corrected chi connectivity index (χ2v) is 3.73. The number of hydrogen-bond donors (Lipinski definition) is 0. The van der Waals surface area contributed by atoms with E-state index < -0.39 is 0 Å². The molecule has 4 heteroatoms. The molecular weight excluding hydrogens is 216 g/mol. The molecule has 0 spiro atoms. The van der Waals surface area contributed by atoms with E-state index in [-0.39, 0.29) is 12.0 Å². The van der Waals surface area contributed by atoms with Crippen LogP contribution in [-0.2, 0) is 9.53 Å². The zero-order valence-electron chi connectivity index (χ0n) is 10.3. The van der Waals surface area contributed by atoms with Gasteiger partial charge in [-0.15, -0.1) is 0 Å². The molecule has 1 unspecified atom stereocenters. The minimum Gasteiger partial charge on any atom is -0.469 e. The largest absolute Gasteiger partial charge is 0.469 e. The van der Waals surface area contributed by atoms with Crippen molar-refractivity contribution in [1.82, 2.24) is 0 Å². The van der Waals surface area contributed by atoms with Gasteiger partial charge in [-0.2, -0.15) is 10.2 Å². The Morgan fingerprint density at radius 3 is 2.65 bits per heavy atom. The molecule has 0 amide bonds. The highest BCUT2D eigenvalue weighted by Crippen LogP contribution is 2.14. The smallest absolute Gasteiger partial charge is 0.305 e. The molecule has 0 aliphatic heterocycles. The fourth-order valence-corrected chi connectivity index (χ4v) is 1.37. The summed E-state index contributed by atoms with van der Waals surface area (Å²) in [5.41, 5.74) is 0.837. The summed E-state index contributed by atoms with van der Waals surface area (Å²) in [4.78, 5) is 11.0. The van der Waals surface area contributed by atoms with Gasteiger partial charge in [-0.05, 0) is 25.0 Å². The van der Waals surface area contributed by atoms with Crippen molar-refractivity contribution < 1.29 is 9.53 Å². The molecule has 0 saturated carbocycles. The highest BCUT2D eigenvalue weighted by Gasteiger charge is 2.08. The van der Waals surface area contributed by atoms with Crippen LogP contribution in [0.5, 0.6) is 0 Å². The molecule has 0 aliphatic carbocycles. The van der Waals surface area contributed by atoms with Gasteiger partial charge in [-0.1, -0.05) is 25.1 Å². The van der Waals surface area contributed by atoms with E-state index in [4.69, 9.17) is 0 Å². The molecular formula is C13H18N2O2. The van der Waals surface area contributed by atoms with Crippen molar-refractivity contribution in [2.24, 2.45) is 10.2 Å². The van der Waals surface area contributed by atoms with Crippen molar-refractivity contribution in [3.05, 3.63) is 30.3 Å². The van der Waals surface area contributed by atoms with Crippen LogP contribution in [0.1, 0.15) is 26.2 Å². The number of carbonyl (C=O) groups excluding carboxylic acids is 1. The summed E-state index contributed by atoms with van der Waals surface area (Å²) in [6.07, 6.45) is 1.94. The van der Waals surface area contributed by atoms with Gasteiger partial charge in [0.2, 0.25) is 0 Å². The summed E-state index contributed by atoms with van der Waals surface area (Å²) < 4.78 is 4.60. The Morgan fingerprint density at radius 1 is 1.35 bits per heavy atom.